The van der Waals surface area contributed by atoms with Crippen LogP contribution in [0.15, 0.2) is 103 Å². The number of hydrogen-bond acceptors (Lipinski definition) is 8. The lowest BCUT2D eigenvalue weighted by molar-refractivity contribution is -0.255. The predicted octanol–water partition coefficient (Wildman–Crippen LogP) is 7.91. The minimum absolute atomic E-state index is 0.0287. The van der Waals surface area contributed by atoms with Crippen LogP contribution in [0.5, 0.6) is 0 Å². The van der Waals surface area contributed by atoms with E-state index in [0.29, 0.717) is 31.3 Å². The Kier molecular flexibility index (Phi) is 14.6. The highest BCUT2D eigenvalue weighted by atomic mass is 16.7. The van der Waals surface area contributed by atoms with Crippen LogP contribution in [0, 0.1) is 5.92 Å². The Balaban J connectivity index is 1.08. The number of benzene rings is 4. The van der Waals surface area contributed by atoms with Gasteiger partial charge >= 0.3 is 12.0 Å². The third kappa shape index (κ3) is 11.5. The minimum atomic E-state index is -0.836. The van der Waals surface area contributed by atoms with Crippen LogP contribution in [0.4, 0.5) is 4.79 Å². The number of urea groups is 1. The number of likely N-dealkylation sites (tertiary alicyclic amines) is 1. The molecule has 324 valence electrons. The van der Waals surface area contributed by atoms with Gasteiger partial charge in [-0.1, -0.05) is 116 Å². The number of aliphatic hydroxyl groups excluding tert-OH is 1. The van der Waals surface area contributed by atoms with Crippen molar-refractivity contribution in [2.24, 2.45) is 5.92 Å². The van der Waals surface area contributed by atoms with E-state index in [4.69, 9.17) is 14.2 Å². The van der Waals surface area contributed by atoms with E-state index in [1.807, 2.05) is 124 Å². The summed E-state index contributed by atoms with van der Waals surface area (Å²) >= 11 is 0. The van der Waals surface area contributed by atoms with Gasteiger partial charge in [0.2, 0.25) is 5.91 Å². The van der Waals surface area contributed by atoms with Gasteiger partial charge in [-0.05, 0) is 85.8 Å². The number of nitrogens with one attached hydrogen (secondary N) is 3. The molecule has 3 aliphatic rings. The van der Waals surface area contributed by atoms with Gasteiger partial charge in [-0.15, -0.1) is 0 Å². The third-order valence-corrected chi connectivity index (χ3v) is 12.4. The van der Waals surface area contributed by atoms with Gasteiger partial charge in [-0.3, -0.25) is 9.69 Å². The van der Waals surface area contributed by atoms with Gasteiger partial charge in [0.05, 0.1) is 32.0 Å². The highest BCUT2D eigenvalue weighted by Gasteiger charge is 2.44. The largest absolute Gasteiger partial charge is 0.467 e. The SMILES string of the molecule is COC(=O)[C@H](Cc1ccccc1)NC(=O)NCc1ccccc1-c1ccc([C@H]2O[C@@H](CN3[C@@H](C(=O)NC(C)(C)C)CC[C@H]4CCCC[C@H]43)C[C@@H](c3ccc(CO)cc3)O2)cc1. The summed E-state index contributed by atoms with van der Waals surface area (Å²) in [6.07, 6.45) is 6.47. The zero-order chi connectivity index (χ0) is 42.9. The molecule has 61 heavy (non-hydrogen) atoms. The minimum Gasteiger partial charge on any atom is -0.467 e. The molecule has 2 heterocycles. The van der Waals surface area contributed by atoms with Crippen molar-refractivity contribution in [1.82, 2.24) is 20.9 Å². The maximum Gasteiger partial charge on any atom is 0.328 e. The molecule has 3 fully saturated rings. The van der Waals surface area contributed by atoms with E-state index in [-0.39, 0.29) is 42.8 Å². The summed E-state index contributed by atoms with van der Waals surface area (Å²) in [6, 6.07) is 32.3. The number of amides is 3. The molecule has 0 bridgehead atoms. The Labute approximate surface area is 360 Å². The molecule has 2 aliphatic heterocycles. The highest BCUT2D eigenvalue weighted by Crippen LogP contribution is 2.42. The van der Waals surface area contributed by atoms with Crippen molar-refractivity contribution in [1.29, 1.82) is 0 Å². The Morgan fingerprint density at radius 1 is 0.820 bits per heavy atom. The summed E-state index contributed by atoms with van der Waals surface area (Å²) in [5.74, 6) is 0.164. The fraction of sp³-hybridized carbons (Fsp3) is 0.460. The molecule has 11 heteroatoms. The van der Waals surface area contributed by atoms with E-state index >= 15 is 0 Å². The van der Waals surface area contributed by atoms with Gasteiger partial charge in [0, 0.05) is 43.1 Å². The smallest absolute Gasteiger partial charge is 0.328 e. The zero-order valence-corrected chi connectivity index (χ0v) is 36.0. The summed E-state index contributed by atoms with van der Waals surface area (Å²) in [4.78, 5) is 42.0. The summed E-state index contributed by atoms with van der Waals surface area (Å²) in [7, 11) is 1.31. The molecule has 4 N–H and O–H groups in total. The number of methoxy groups -OCH3 is 1. The number of nitrogens with zero attached hydrogens (tertiary/aromatic N) is 1. The van der Waals surface area contributed by atoms with E-state index in [0.717, 1.165) is 58.2 Å². The first-order valence-corrected chi connectivity index (χ1v) is 21.9. The maximum atomic E-state index is 13.9. The van der Waals surface area contributed by atoms with Crippen LogP contribution in [0.2, 0.25) is 0 Å². The van der Waals surface area contributed by atoms with Crippen molar-refractivity contribution in [3.05, 3.63) is 131 Å². The van der Waals surface area contributed by atoms with Crippen LogP contribution in [-0.2, 0) is 43.4 Å². The molecule has 0 unspecified atom stereocenters. The first kappa shape index (κ1) is 44.0. The molecule has 11 nitrogen and oxygen atoms in total. The summed E-state index contributed by atoms with van der Waals surface area (Å²) in [5.41, 5.74) is 6.16. The Hall–Kier alpha value is -5.07. The molecule has 3 amide bonds. The molecule has 0 spiro atoms. The number of esters is 1. The fourth-order valence-electron chi connectivity index (χ4n) is 9.34. The van der Waals surface area contributed by atoms with Crippen LogP contribution in [0.3, 0.4) is 0 Å². The number of aliphatic hydroxyl groups is 1. The van der Waals surface area contributed by atoms with Gasteiger partial charge in [0.25, 0.3) is 0 Å². The molecule has 7 rings (SSSR count). The van der Waals surface area contributed by atoms with Crippen LogP contribution >= 0.6 is 0 Å². The molecule has 0 aromatic heterocycles. The monoisotopic (exact) mass is 830 g/mol. The van der Waals surface area contributed by atoms with Crippen LogP contribution in [0.25, 0.3) is 11.1 Å². The Morgan fingerprint density at radius 2 is 1.52 bits per heavy atom. The molecule has 1 aliphatic carbocycles. The third-order valence-electron chi connectivity index (χ3n) is 12.4. The lowest BCUT2D eigenvalue weighted by Gasteiger charge is -2.50. The van der Waals surface area contributed by atoms with Crippen LogP contribution < -0.4 is 16.0 Å². The Morgan fingerprint density at radius 3 is 2.25 bits per heavy atom. The molecule has 2 saturated heterocycles. The second-order valence-corrected chi connectivity index (χ2v) is 17.9. The van der Waals surface area contributed by atoms with E-state index in [9.17, 15) is 19.5 Å². The number of ether oxygens (including phenoxy) is 3. The van der Waals surface area contributed by atoms with E-state index in [1.165, 1.54) is 26.4 Å². The summed E-state index contributed by atoms with van der Waals surface area (Å²) in [6.45, 7) is 6.96. The van der Waals surface area contributed by atoms with Crippen LogP contribution in [0.1, 0.15) is 106 Å². The van der Waals surface area contributed by atoms with E-state index in [2.05, 4.69) is 20.9 Å². The van der Waals surface area contributed by atoms with Crippen LogP contribution in [-0.4, -0.2) is 71.3 Å². The molecular weight excluding hydrogens is 769 g/mol. The average Bonchev–Trinajstić information content (AvgIpc) is 3.27. The summed E-state index contributed by atoms with van der Waals surface area (Å²) < 4.78 is 18.6. The second kappa shape index (κ2) is 20.2. The van der Waals surface area contributed by atoms with E-state index in [1.54, 1.807) is 0 Å². The van der Waals surface area contributed by atoms with E-state index < -0.39 is 24.3 Å². The standard InChI is InChI=1S/C50H62N4O7/c1-50(2,3)53-46(56)44-27-26-36-14-9-11-17-43(36)54(44)31-40-29-45(37-20-18-34(32-55)19-21-37)61-48(60-40)38-24-22-35(23-25-38)41-16-10-8-15-39(41)30-51-49(58)52-42(47(57)59-4)28-33-12-6-5-7-13-33/h5-8,10,12-13,15-16,18-25,36,40,42-45,48,55H,9,11,14,17,26-32H2,1-4H3,(H,53,56)(H2,51,52,58)/t36-,40-,42+,43-,44-,45+,48+/m1/s1. The quantitative estimate of drug-likeness (QED) is 0.0999. The number of carbonyl (C=O) groups is 3. The van der Waals surface area contributed by atoms with Crippen molar-refractivity contribution in [3.8, 4) is 11.1 Å². The van der Waals surface area contributed by atoms with Gasteiger partial charge < -0.3 is 35.3 Å². The Bertz CT molecular complexity index is 2070. The van der Waals surface area contributed by atoms with Crippen molar-refractivity contribution in [2.75, 3.05) is 13.7 Å². The second-order valence-electron chi connectivity index (χ2n) is 17.9. The molecular formula is C50H62N4O7. The van der Waals surface area contributed by atoms with Crippen molar-refractivity contribution in [2.45, 2.75) is 127 Å². The average molecular weight is 831 g/mol. The van der Waals surface area contributed by atoms with Gasteiger partial charge in [0.1, 0.15) is 6.04 Å². The predicted molar refractivity (Wildman–Crippen MR) is 235 cm³/mol. The van der Waals surface area contributed by atoms with Crippen molar-refractivity contribution in [3.63, 3.8) is 0 Å². The molecule has 7 atom stereocenters. The first-order valence-electron chi connectivity index (χ1n) is 21.9. The summed E-state index contributed by atoms with van der Waals surface area (Å²) in [5, 5.41) is 18.7. The number of carbonyl (C=O) groups excluding carboxylic acids is 3. The van der Waals surface area contributed by atoms with Gasteiger partial charge in [-0.2, -0.15) is 0 Å². The van der Waals surface area contributed by atoms with Gasteiger partial charge in [-0.25, -0.2) is 9.59 Å². The lowest BCUT2D eigenvalue weighted by Crippen LogP contribution is -2.61. The molecule has 4 aromatic carbocycles. The van der Waals surface area contributed by atoms with Crippen molar-refractivity contribution < 1.29 is 33.7 Å². The normalized spacial score (nSPS) is 23.6. The topological polar surface area (TPSA) is 138 Å². The fourth-order valence-corrected chi connectivity index (χ4v) is 9.34. The lowest BCUT2D eigenvalue weighted by atomic mass is 9.75. The number of hydrogen-bond donors (Lipinski definition) is 4. The van der Waals surface area contributed by atoms with Gasteiger partial charge in [0.15, 0.2) is 6.29 Å². The number of fused-ring (bicyclic) bond motifs is 1. The number of rotatable bonds is 13. The maximum absolute atomic E-state index is 13.9. The molecule has 1 saturated carbocycles. The first-order chi connectivity index (χ1) is 29.5. The molecule has 4 aromatic rings. The number of piperidine rings is 1. The molecule has 0 radical (unpaired) electrons. The zero-order valence-electron chi connectivity index (χ0n) is 36.0. The highest BCUT2D eigenvalue weighted by molar-refractivity contribution is 5.84. The van der Waals surface area contributed by atoms with Crippen molar-refractivity contribution >= 4 is 17.9 Å².